The molecule has 1 aliphatic carbocycles. The van der Waals surface area contributed by atoms with Crippen LogP contribution in [-0.4, -0.2) is 22.5 Å². The van der Waals surface area contributed by atoms with Crippen LogP contribution in [0, 0.1) is 23.5 Å². The number of aromatic nitrogens is 2. The first-order valence-electron chi connectivity index (χ1n) is 9.48. The summed E-state index contributed by atoms with van der Waals surface area (Å²) in [6.45, 7) is -0.957. The number of hydrogen-bond donors (Lipinski definition) is 2. The molecule has 3 atom stereocenters. The van der Waals surface area contributed by atoms with E-state index in [9.17, 15) is 13.2 Å². The third kappa shape index (κ3) is 2.98. The van der Waals surface area contributed by atoms with Crippen molar-refractivity contribution < 1.29 is 13.2 Å². The van der Waals surface area contributed by atoms with Crippen LogP contribution in [0.2, 0.25) is 5.02 Å². The highest BCUT2D eigenvalue weighted by Gasteiger charge is 2.58. The molecular formula is C21H17ClF3N5. The average molecular weight is 432 g/mol. The second-order valence-electron chi connectivity index (χ2n) is 7.80. The third-order valence-electron chi connectivity index (χ3n) is 5.88. The number of rotatable bonds is 4. The molecular weight excluding hydrogens is 415 g/mol. The molecule has 1 aromatic carbocycles. The molecule has 1 aliphatic heterocycles. The van der Waals surface area contributed by atoms with E-state index >= 15 is 0 Å². The van der Waals surface area contributed by atoms with Gasteiger partial charge in [0.2, 0.25) is 0 Å². The van der Waals surface area contributed by atoms with Crippen molar-refractivity contribution in [2.75, 3.05) is 12.0 Å². The molecule has 0 bridgehead atoms. The van der Waals surface area contributed by atoms with E-state index in [0.29, 0.717) is 29.2 Å². The van der Waals surface area contributed by atoms with E-state index in [1.54, 1.807) is 18.3 Å². The first-order valence-corrected chi connectivity index (χ1v) is 9.86. The van der Waals surface area contributed by atoms with Gasteiger partial charge in [0.1, 0.15) is 17.7 Å². The minimum atomic E-state index is -1.51. The fourth-order valence-corrected chi connectivity index (χ4v) is 4.58. The number of halogens is 4. The van der Waals surface area contributed by atoms with Gasteiger partial charge in [-0.15, -0.1) is 0 Å². The second-order valence-corrected chi connectivity index (χ2v) is 8.23. The van der Waals surface area contributed by atoms with Gasteiger partial charge >= 0.3 is 0 Å². The maximum atomic E-state index is 14.8. The number of anilines is 2. The van der Waals surface area contributed by atoms with E-state index in [-0.39, 0.29) is 28.9 Å². The van der Waals surface area contributed by atoms with E-state index in [4.69, 9.17) is 17.3 Å². The molecule has 1 saturated carbocycles. The van der Waals surface area contributed by atoms with Gasteiger partial charge in [0.15, 0.2) is 17.5 Å². The molecule has 9 heteroatoms. The van der Waals surface area contributed by atoms with Gasteiger partial charge < -0.3 is 11.1 Å². The van der Waals surface area contributed by atoms with Crippen LogP contribution in [0.3, 0.4) is 0 Å². The van der Waals surface area contributed by atoms with Crippen molar-refractivity contribution in [1.82, 2.24) is 9.97 Å². The molecule has 3 heterocycles. The number of benzene rings is 1. The summed E-state index contributed by atoms with van der Waals surface area (Å²) >= 11 is 5.98. The van der Waals surface area contributed by atoms with Crippen molar-refractivity contribution in [3.05, 3.63) is 58.9 Å². The van der Waals surface area contributed by atoms with Crippen LogP contribution in [0.4, 0.5) is 24.7 Å². The molecule has 0 amide bonds. The topological polar surface area (TPSA) is 76.2 Å². The Bertz CT molecular complexity index is 1200. The SMILES string of the molecule is NC1=N[C@](CF)(c2cc(Nc3nccc4cc(Cl)cnc34)cc(F)c2F)[C@H]2C[C@H]2C1. The van der Waals surface area contributed by atoms with E-state index < -0.39 is 23.8 Å². The highest BCUT2D eigenvalue weighted by atomic mass is 35.5. The maximum absolute atomic E-state index is 14.8. The fraction of sp³-hybridized carbons (Fsp3) is 0.286. The molecule has 3 aromatic rings. The zero-order valence-corrected chi connectivity index (χ0v) is 16.4. The molecule has 30 heavy (non-hydrogen) atoms. The molecule has 0 radical (unpaired) electrons. The predicted molar refractivity (Wildman–Crippen MR) is 110 cm³/mol. The van der Waals surface area contributed by atoms with E-state index in [2.05, 4.69) is 20.3 Å². The molecule has 0 spiro atoms. The second kappa shape index (κ2) is 6.84. The van der Waals surface area contributed by atoms with Gasteiger partial charge in [0.05, 0.1) is 10.9 Å². The summed E-state index contributed by atoms with van der Waals surface area (Å²) < 4.78 is 43.6. The van der Waals surface area contributed by atoms with E-state index in [0.717, 1.165) is 11.5 Å². The molecule has 1 fully saturated rings. The van der Waals surface area contributed by atoms with E-state index in [1.165, 1.54) is 12.3 Å². The first kappa shape index (κ1) is 19.1. The van der Waals surface area contributed by atoms with Crippen LogP contribution in [0.15, 0.2) is 41.7 Å². The van der Waals surface area contributed by atoms with Gasteiger partial charge in [-0.3, -0.25) is 9.98 Å². The Kier molecular flexibility index (Phi) is 4.36. The molecule has 5 rings (SSSR count). The van der Waals surface area contributed by atoms with Crippen LogP contribution in [0.5, 0.6) is 0 Å². The molecule has 0 saturated heterocycles. The van der Waals surface area contributed by atoms with Crippen molar-refractivity contribution in [2.45, 2.75) is 18.4 Å². The summed E-state index contributed by atoms with van der Waals surface area (Å²) in [4.78, 5) is 12.8. The van der Waals surface area contributed by atoms with Gasteiger partial charge in [-0.1, -0.05) is 11.6 Å². The van der Waals surface area contributed by atoms with Gasteiger partial charge in [0, 0.05) is 41.5 Å². The minimum Gasteiger partial charge on any atom is -0.387 e. The average Bonchev–Trinajstić information content (AvgIpc) is 3.49. The number of fused-ring (bicyclic) bond motifs is 2. The standard InChI is InChI=1S/C21H17ClF3N5/c22-12-3-10-1-2-27-20(19(10)28-8-12)29-13-6-15(18(25)16(24)7-13)21(9-23)14-4-11(14)5-17(26)30-21/h1-3,6-8,11,14H,4-5,9H2,(H2,26,30)(H,27,29)/t11-,14-,21-/m0/s1. The Hall–Kier alpha value is -2.87. The summed E-state index contributed by atoms with van der Waals surface area (Å²) in [5.74, 6) is -1.66. The number of nitrogens with one attached hydrogen (secondary N) is 1. The molecule has 2 aliphatic rings. The molecule has 3 N–H and O–H groups in total. The normalized spacial score (nSPS) is 25.0. The fourth-order valence-electron chi connectivity index (χ4n) is 4.41. The Morgan fingerprint density at radius 3 is 2.87 bits per heavy atom. The van der Waals surface area contributed by atoms with Gasteiger partial charge in [-0.25, -0.2) is 18.2 Å². The van der Waals surface area contributed by atoms with E-state index in [1.807, 2.05) is 0 Å². The van der Waals surface area contributed by atoms with Crippen molar-refractivity contribution in [2.24, 2.45) is 22.6 Å². The lowest BCUT2D eigenvalue weighted by Crippen LogP contribution is -2.37. The summed E-state index contributed by atoms with van der Waals surface area (Å²) in [5.41, 5.74) is 4.96. The number of nitrogens with two attached hydrogens (primary N) is 1. The van der Waals surface area contributed by atoms with Gasteiger partial charge in [0.25, 0.3) is 0 Å². The summed E-state index contributed by atoms with van der Waals surface area (Å²) in [7, 11) is 0. The van der Waals surface area contributed by atoms with Crippen LogP contribution >= 0.6 is 11.6 Å². The Labute approximate surface area is 175 Å². The van der Waals surface area contributed by atoms with Gasteiger partial charge in [-0.05, 0) is 36.5 Å². The third-order valence-corrected chi connectivity index (χ3v) is 6.08. The lowest BCUT2D eigenvalue weighted by molar-refractivity contribution is 0.251. The van der Waals surface area contributed by atoms with Crippen molar-refractivity contribution in [3.63, 3.8) is 0 Å². The van der Waals surface area contributed by atoms with Crippen molar-refractivity contribution >= 4 is 39.8 Å². The first-order chi connectivity index (χ1) is 14.4. The quantitative estimate of drug-likeness (QED) is 0.618. The number of hydrogen-bond acceptors (Lipinski definition) is 5. The number of amidine groups is 1. The maximum Gasteiger partial charge on any atom is 0.164 e. The van der Waals surface area contributed by atoms with Crippen LogP contribution in [-0.2, 0) is 5.54 Å². The van der Waals surface area contributed by atoms with Crippen molar-refractivity contribution in [3.8, 4) is 0 Å². The largest absolute Gasteiger partial charge is 0.387 e. The monoisotopic (exact) mass is 431 g/mol. The molecule has 0 unspecified atom stereocenters. The molecule has 5 nitrogen and oxygen atoms in total. The summed E-state index contributed by atoms with van der Waals surface area (Å²) in [6, 6.07) is 5.84. The lowest BCUT2D eigenvalue weighted by Gasteiger charge is -2.32. The summed E-state index contributed by atoms with van der Waals surface area (Å²) in [6.07, 6.45) is 4.26. The molecule has 2 aromatic heterocycles. The smallest absolute Gasteiger partial charge is 0.164 e. The Morgan fingerprint density at radius 1 is 1.23 bits per heavy atom. The Balaban J connectivity index is 1.61. The van der Waals surface area contributed by atoms with Crippen LogP contribution in [0.25, 0.3) is 10.9 Å². The minimum absolute atomic E-state index is 0.140. The van der Waals surface area contributed by atoms with Crippen LogP contribution < -0.4 is 11.1 Å². The molecule has 154 valence electrons. The highest BCUT2D eigenvalue weighted by Crippen LogP contribution is 2.58. The number of pyridine rings is 2. The number of aliphatic imine (C=N–C) groups is 1. The lowest BCUT2D eigenvalue weighted by atomic mass is 9.82. The Morgan fingerprint density at radius 2 is 2.07 bits per heavy atom. The summed E-state index contributed by atoms with van der Waals surface area (Å²) in [5, 5.41) is 4.16. The zero-order valence-electron chi connectivity index (χ0n) is 15.7. The predicted octanol–water partition coefficient (Wildman–Crippen LogP) is 4.87. The van der Waals surface area contributed by atoms with Gasteiger partial charge in [-0.2, -0.15) is 0 Å². The number of nitrogens with zero attached hydrogens (tertiary/aromatic N) is 3. The highest BCUT2D eigenvalue weighted by molar-refractivity contribution is 6.31. The zero-order chi connectivity index (χ0) is 21.0. The van der Waals surface area contributed by atoms with Crippen molar-refractivity contribution in [1.29, 1.82) is 0 Å². The number of alkyl halides is 1. The van der Waals surface area contributed by atoms with Crippen LogP contribution in [0.1, 0.15) is 18.4 Å².